The molecule has 1 aromatic carbocycles. The van der Waals surface area contributed by atoms with Crippen molar-refractivity contribution in [2.75, 3.05) is 26.7 Å². The van der Waals surface area contributed by atoms with E-state index in [-0.39, 0.29) is 0 Å². The van der Waals surface area contributed by atoms with Gasteiger partial charge in [0.05, 0.1) is 12.2 Å². The number of hydrogen-bond donors (Lipinski definition) is 1. The Bertz CT molecular complexity index is 380. The van der Waals surface area contributed by atoms with E-state index in [1.165, 1.54) is 5.56 Å². The van der Waals surface area contributed by atoms with E-state index in [9.17, 15) is 0 Å². The Morgan fingerprint density at radius 1 is 1.30 bits per heavy atom. The number of rotatable bonds is 7. The Labute approximate surface area is 123 Å². The molecular formula is C17H28N2O. The average Bonchev–Trinajstić information content (AvgIpc) is 2.86. The molecule has 2 rings (SSSR count). The number of likely N-dealkylation sites (tertiary alicyclic amines) is 1. The van der Waals surface area contributed by atoms with E-state index in [0.717, 1.165) is 32.6 Å². The molecular weight excluding hydrogens is 248 g/mol. The number of benzene rings is 1. The summed E-state index contributed by atoms with van der Waals surface area (Å²) in [5.74, 6) is 0.561. The van der Waals surface area contributed by atoms with E-state index in [2.05, 4.69) is 54.4 Å². The number of nitrogens with one attached hydrogen (secondary N) is 1. The third kappa shape index (κ3) is 4.58. The molecule has 0 saturated carbocycles. The molecule has 2 unspecified atom stereocenters. The van der Waals surface area contributed by atoms with Crippen molar-refractivity contribution in [3.63, 3.8) is 0 Å². The first-order valence-corrected chi connectivity index (χ1v) is 7.75. The Morgan fingerprint density at radius 2 is 2.05 bits per heavy atom. The van der Waals surface area contributed by atoms with Gasteiger partial charge in [-0.25, -0.2) is 0 Å². The molecule has 3 nitrogen and oxygen atoms in total. The lowest BCUT2D eigenvalue weighted by Gasteiger charge is -2.25. The fourth-order valence-corrected chi connectivity index (χ4v) is 2.78. The van der Waals surface area contributed by atoms with Crippen LogP contribution in [0.25, 0.3) is 0 Å². The van der Waals surface area contributed by atoms with Gasteiger partial charge in [0, 0.05) is 26.2 Å². The lowest BCUT2D eigenvalue weighted by molar-refractivity contribution is -0.0283. The molecule has 3 heteroatoms. The zero-order valence-corrected chi connectivity index (χ0v) is 13.0. The first kappa shape index (κ1) is 15.5. The zero-order valence-electron chi connectivity index (χ0n) is 13.0. The highest BCUT2D eigenvalue weighted by Gasteiger charge is 2.26. The maximum absolute atomic E-state index is 6.28. The quantitative estimate of drug-likeness (QED) is 0.828. The highest BCUT2D eigenvalue weighted by molar-refractivity contribution is 5.14. The van der Waals surface area contributed by atoms with Gasteiger partial charge in [0.2, 0.25) is 0 Å². The number of likely N-dealkylation sites (N-methyl/N-ethyl adjacent to an activating group) is 1. The molecule has 1 aromatic rings. The molecule has 112 valence electrons. The van der Waals surface area contributed by atoms with Gasteiger partial charge in [0.1, 0.15) is 0 Å². The predicted molar refractivity (Wildman–Crippen MR) is 83.8 cm³/mol. The summed E-state index contributed by atoms with van der Waals surface area (Å²) in [7, 11) is 2.00. The minimum absolute atomic E-state index is 0.321. The highest BCUT2D eigenvalue weighted by atomic mass is 16.5. The summed E-state index contributed by atoms with van der Waals surface area (Å²) in [4.78, 5) is 2.50. The molecule has 1 saturated heterocycles. The first-order chi connectivity index (χ1) is 9.69. The summed E-state index contributed by atoms with van der Waals surface area (Å²) in [5, 5.41) is 3.24. The van der Waals surface area contributed by atoms with Gasteiger partial charge in [-0.15, -0.1) is 0 Å². The van der Waals surface area contributed by atoms with Crippen LogP contribution in [-0.2, 0) is 11.3 Å². The van der Waals surface area contributed by atoms with Crippen LogP contribution in [0.5, 0.6) is 0 Å². The fourth-order valence-electron chi connectivity index (χ4n) is 2.78. The molecule has 1 aliphatic heterocycles. The normalized spacial score (nSPS) is 21.5. The van der Waals surface area contributed by atoms with Crippen molar-refractivity contribution in [3.05, 3.63) is 35.9 Å². The van der Waals surface area contributed by atoms with Gasteiger partial charge >= 0.3 is 0 Å². The fraction of sp³-hybridized carbons (Fsp3) is 0.647. The minimum atomic E-state index is 0.321. The van der Waals surface area contributed by atoms with Crippen molar-refractivity contribution >= 4 is 0 Å². The van der Waals surface area contributed by atoms with E-state index in [1.54, 1.807) is 0 Å². The summed E-state index contributed by atoms with van der Waals surface area (Å²) in [6.07, 6.45) is 1.86. The summed E-state index contributed by atoms with van der Waals surface area (Å²) in [5.41, 5.74) is 1.39. The van der Waals surface area contributed by atoms with Gasteiger partial charge in [0.15, 0.2) is 0 Å². The maximum Gasteiger partial charge on any atom is 0.0726 e. The van der Waals surface area contributed by atoms with Gasteiger partial charge in [-0.3, -0.25) is 4.90 Å². The second-order valence-electron chi connectivity index (χ2n) is 6.11. The Hall–Kier alpha value is -0.900. The van der Waals surface area contributed by atoms with Crippen LogP contribution in [0.3, 0.4) is 0 Å². The molecule has 0 radical (unpaired) electrons. The van der Waals surface area contributed by atoms with E-state index < -0.39 is 0 Å². The van der Waals surface area contributed by atoms with Crippen LogP contribution in [0.15, 0.2) is 30.3 Å². The molecule has 0 spiro atoms. The number of nitrogens with zero attached hydrogens (tertiary/aromatic N) is 1. The van der Waals surface area contributed by atoms with Gasteiger partial charge in [-0.1, -0.05) is 44.2 Å². The largest absolute Gasteiger partial charge is 0.372 e. The van der Waals surface area contributed by atoms with Crippen LogP contribution in [0.1, 0.15) is 25.8 Å². The van der Waals surface area contributed by atoms with Crippen molar-refractivity contribution in [2.45, 2.75) is 39.0 Å². The number of ether oxygens (including phenoxy) is 1. The molecule has 2 atom stereocenters. The zero-order chi connectivity index (χ0) is 14.4. The molecule has 20 heavy (non-hydrogen) atoms. The second kappa shape index (κ2) is 7.77. The standard InChI is InChI=1S/C17H28N2O/c1-14(2)17(11-18-3)20-16-9-10-19(13-16)12-15-7-5-4-6-8-15/h4-8,14,16-18H,9-13H2,1-3H3. The van der Waals surface area contributed by atoms with Gasteiger partial charge in [-0.2, -0.15) is 0 Å². The topological polar surface area (TPSA) is 24.5 Å². The summed E-state index contributed by atoms with van der Waals surface area (Å²) in [6, 6.07) is 10.7. The van der Waals surface area contributed by atoms with Gasteiger partial charge in [-0.05, 0) is 24.9 Å². The molecule has 0 amide bonds. The first-order valence-electron chi connectivity index (χ1n) is 7.75. The molecule has 1 N–H and O–H groups in total. The molecule has 0 bridgehead atoms. The third-order valence-electron chi connectivity index (χ3n) is 3.99. The van der Waals surface area contributed by atoms with E-state index in [1.807, 2.05) is 7.05 Å². The minimum Gasteiger partial charge on any atom is -0.372 e. The highest BCUT2D eigenvalue weighted by Crippen LogP contribution is 2.19. The van der Waals surface area contributed by atoms with E-state index >= 15 is 0 Å². The van der Waals surface area contributed by atoms with Crippen LogP contribution >= 0.6 is 0 Å². The van der Waals surface area contributed by atoms with Crippen molar-refractivity contribution in [1.82, 2.24) is 10.2 Å². The smallest absolute Gasteiger partial charge is 0.0726 e. The summed E-state index contributed by atoms with van der Waals surface area (Å²) < 4.78 is 6.28. The van der Waals surface area contributed by atoms with E-state index in [4.69, 9.17) is 4.74 Å². The summed E-state index contributed by atoms with van der Waals surface area (Å²) in [6.45, 7) is 8.65. The SMILES string of the molecule is CNCC(OC1CCN(Cc2ccccc2)C1)C(C)C. The van der Waals surface area contributed by atoms with Crippen LogP contribution < -0.4 is 5.32 Å². The van der Waals surface area contributed by atoms with Crippen molar-refractivity contribution < 1.29 is 4.74 Å². The monoisotopic (exact) mass is 276 g/mol. The Kier molecular flexibility index (Phi) is 6.02. The Morgan fingerprint density at radius 3 is 2.70 bits per heavy atom. The average molecular weight is 276 g/mol. The lowest BCUT2D eigenvalue weighted by atomic mass is 10.1. The summed E-state index contributed by atoms with van der Waals surface area (Å²) >= 11 is 0. The van der Waals surface area contributed by atoms with Crippen molar-refractivity contribution in [1.29, 1.82) is 0 Å². The molecule has 1 aliphatic rings. The number of hydrogen-bond acceptors (Lipinski definition) is 3. The molecule has 0 aromatic heterocycles. The third-order valence-corrected chi connectivity index (χ3v) is 3.99. The molecule has 0 aliphatic carbocycles. The molecule has 1 heterocycles. The maximum atomic E-state index is 6.28. The van der Waals surface area contributed by atoms with Crippen LogP contribution in [0, 0.1) is 5.92 Å². The van der Waals surface area contributed by atoms with Crippen molar-refractivity contribution in [3.8, 4) is 0 Å². The van der Waals surface area contributed by atoms with Gasteiger partial charge in [0.25, 0.3) is 0 Å². The van der Waals surface area contributed by atoms with Crippen LogP contribution in [0.2, 0.25) is 0 Å². The van der Waals surface area contributed by atoms with E-state index in [0.29, 0.717) is 18.1 Å². The predicted octanol–water partition coefficient (Wildman–Crippen LogP) is 2.52. The van der Waals surface area contributed by atoms with Crippen LogP contribution in [-0.4, -0.2) is 43.8 Å². The van der Waals surface area contributed by atoms with Crippen LogP contribution in [0.4, 0.5) is 0 Å². The lowest BCUT2D eigenvalue weighted by Crippen LogP contribution is -2.35. The van der Waals surface area contributed by atoms with Gasteiger partial charge < -0.3 is 10.1 Å². The molecule has 1 fully saturated rings. The Balaban J connectivity index is 1.80. The van der Waals surface area contributed by atoms with Crippen molar-refractivity contribution in [2.24, 2.45) is 5.92 Å². The second-order valence-corrected chi connectivity index (χ2v) is 6.11.